The molecule has 4 atom stereocenters. The van der Waals surface area contributed by atoms with Crippen molar-refractivity contribution in [2.24, 2.45) is 0 Å². The van der Waals surface area contributed by atoms with Gasteiger partial charge in [-0.3, -0.25) is 32.8 Å². The third-order valence-electron chi connectivity index (χ3n) is 21.4. The van der Waals surface area contributed by atoms with Crippen LogP contribution in [0.5, 0.6) is 23.0 Å². The second kappa shape index (κ2) is 53.5. The Morgan fingerprint density at radius 1 is 0.398 bits per heavy atom. The molecule has 123 heavy (non-hydrogen) atoms. The number of benzene rings is 8. The first-order chi connectivity index (χ1) is 58.2. The molecule has 8 aromatic carbocycles. The molecule has 0 spiro atoms. The van der Waals surface area contributed by atoms with Crippen LogP contribution in [0, 0.1) is 27.7 Å². The fourth-order valence-electron chi connectivity index (χ4n) is 14.6. The number of methoxy groups -OCH3 is 3. The van der Waals surface area contributed by atoms with Crippen LogP contribution in [0.25, 0.3) is 0 Å². The molecule has 0 bridgehead atoms. The third kappa shape index (κ3) is 43.0. The topological polar surface area (TPSA) is 337 Å². The summed E-state index contributed by atoms with van der Waals surface area (Å²) >= 11 is 0. The van der Waals surface area contributed by atoms with Gasteiger partial charge < -0.3 is 64.0 Å². The minimum absolute atomic E-state index is 0.0202. The van der Waals surface area contributed by atoms with E-state index in [1.54, 1.807) is 38.4 Å². The van der Waals surface area contributed by atoms with E-state index in [2.05, 4.69) is 103 Å². The van der Waals surface area contributed by atoms with Gasteiger partial charge in [-0.15, -0.1) is 0 Å². The van der Waals surface area contributed by atoms with Crippen molar-refractivity contribution >= 4 is 54.0 Å². The molecule has 3 amide bonds. The number of carboxylic acid groups (broad SMARTS) is 1. The molecule has 12 rings (SSSR count). The molecule has 4 aliphatic heterocycles. The highest BCUT2D eigenvalue weighted by Crippen LogP contribution is 2.30. The van der Waals surface area contributed by atoms with Crippen molar-refractivity contribution < 1.29 is 92.3 Å². The number of likely N-dealkylation sites (N-methyl/N-ethyl adjacent to an activating group) is 4. The number of rotatable bonds is 27. The molecule has 674 valence electrons. The van der Waals surface area contributed by atoms with Gasteiger partial charge >= 0.3 is 5.97 Å². The maximum atomic E-state index is 13.0. The molecule has 8 N–H and O–H groups in total. The number of likely N-dealkylation sites (tertiary alicyclic amines) is 4. The van der Waals surface area contributed by atoms with Gasteiger partial charge in [-0.25, -0.2) is 0 Å². The highest BCUT2D eigenvalue weighted by molar-refractivity contribution is 7.85. The van der Waals surface area contributed by atoms with Crippen LogP contribution in [-0.2, 0) is 75.2 Å². The van der Waals surface area contributed by atoms with E-state index >= 15 is 0 Å². The molecule has 4 fully saturated rings. The Kier molecular flexibility index (Phi) is 45.2. The summed E-state index contributed by atoms with van der Waals surface area (Å²) in [5, 5.41) is 21.7. The minimum atomic E-state index is -3.67. The van der Waals surface area contributed by atoms with Crippen LogP contribution >= 0.6 is 0 Å². The molecule has 0 radical (unpaired) electrons. The molecule has 8 aromatic rings. The van der Waals surface area contributed by atoms with E-state index in [0.717, 1.165) is 114 Å². The van der Waals surface area contributed by atoms with E-state index < -0.39 is 36.3 Å². The van der Waals surface area contributed by atoms with E-state index in [9.17, 15) is 49.5 Å². The minimum Gasteiger partial charge on any atom is -0.508 e. The first kappa shape index (κ1) is 104. The summed E-state index contributed by atoms with van der Waals surface area (Å²) in [4.78, 5) is 63.0. The first-order valence-corrected chi connectivity index (χ1v) is 47.2. The van der Waals surface area contributed by atoms with Crippen molar-refractivity contribution in [3.05, 3.63) is 261 Å². The molecule has 0 aromatic heterocycles. The lowest BCUT2D eigenvalue weighted by Gasteiger charge is -2.32. The van der Waals surface area contributed by atoms with Gasteiger partial charge in [-0.1, -0.05) is 168 Å². The molecule has 4 aliphatic rings. The van der Waals surface area contributed by atoms with E-state index in [4.69, 9.17) is 33.0 Å². The van der Waals surface area contributed by atoms with E-state index in [1.807, 2.05) is 165 Å². The molecule has 4 saturated heterocycles. The van der Waals surface area contributed by atoms with E-state index in [-0.39, 0.29) is 48.0 Å². The lowest BCUT2D eigenvalue weighted by atomic mass is 10.0. The zero-order valence-electron chi connectivity index (χ0n) is 74.3. The van der Waals surface area contributed by atoms with Crippen LogP contribution < -0.4 is 29.3 Å². The van der Waals surface area contributed by atoms with Gasteiger partial charge in [0.2, 0.25) is 17.7 Å². The summed E-state index contributed by atoms with van der Waals surface area (Å²) < 4.78 is 93.7. The normalized spacial score (nSPS) is 14.9. The lowest BCUT2D eigenvalue weighted by Crippen LogP contribution is -3.10. The first-order valence-electron chi connectivity index (χ1n) is 41.7. The van der Waals surface area contributed by atoms with Crippen LogP contribution in [0.2, 0.25) is 0 Å². The Morgan fingerprint density at radius 2 is 0.667 bits per heavy atom. The van der Waals surface area contributed by atoms with E-state index in [1.165, 1.54) is 105 Å². The number of hydrogen-bond acceptors (Lipinski definition) is 17. The number of hydrogen-bond donors (Lipinski definition) is 8. The number of aliphatic carboxylic acids is 1. The second-order valence-corrected chi connectivity index (χ2v) is 36.3. The number of nitrogens with zero attached hydrogens (tertiary/aromatic N) is 5. The zero-order chi connectivity index (χ0) is 90.8. The highest BCUT2D eigenvalue weighted by atomic mass is 32.2. The number of phenolic OH excluding ortho intramolecular Hbond substituents is 1. The molecular weight excluding hydrogens is 1630 g/mol. The van der Waals surface area contributed by atoms with Gasteiger partial charge in [0.1, 0.15) is 48.2 Å². The Morgan fingerprint density at radius 3 is 0.967 bits per heavy atom. The highest BCUT2D eigenvalue weighted by Gasteiger charge is 2.32. The summed E-state index contributed by atoms with van der Waals surface area (Å²) in [7, 11) is 1.87. The SMILES string of the molecule is CNC(CN1CCCC1)c1cccc(OC)c1.COc1cccc(C(CN2CCCC2)N(C)C(=O)Cc2ccc(C)cc2)c1.COc1cccc(C(C[NH+]2CCCC2)N(C)C(=O)Cc2ccc(C)cc2)c1.CS(=O)(=O)O.CS(=O)(=O)O.CS(=O)(=O)O.Cc1ccc(CC(=O)N(C)C(C[NH+]2CCCC2)c2cccc(O)c2)cc1.Cc1ccc(CC(=O)O)cc1. The van der Waals surface area contributed by atoms with Crippen LogP contribution in [0.4, 0.5) is 0 Å². The van der Waals surface area contributed by atoms with Crippen LogP contribution in [-0.4, -0.2) is 244 Å². The van der Waals surface area contributed by atoms with Crippen molar-refractivity contribution in [3.63, 3.8) is 0 Å². The number of ether oxygens (including phenoxy) is 3. The number of phenols is 1. The third-order valence-corrected chi connectivity index (χ3v) is 21.4. The lowest BCUT2D eigenvalue weighted by molar-refractivity contribution is -0.890. The van der Waals surface area contributed by atoms with Gasteiger partial charge in [-0.2, -0.15) is 25.3 Å². The number of carbonyl (C=O) groups excluding carboxylic acids is 3. The predicted octanol–water partition coefficient (Wildman–Crippen LogP) is 10.6. The van der Waals surface area contributed by atoms with Crippen LogP contribution in [0.1, 0.15) is 142 Å². The molecule has 4 heterocycles. The quantitative estimate of drug-likeness (QED) is 0.0222. The van der Waals surface area contributed by atoms with Crippen molar-refractivity contribution in [2.75, 3.05) is 147 Å². The fourth-order valence-corrected chi connectivity index (χ4v) is 14.6. The fraction of sp³-hybridized carbons (Fsp3) is 0.447. The molecule has 0 saturated carbocycles. The Bertz CT molecular complexity index is 4610. The number of nitrogens with one attached hydrogen (secondary N) is 3. The second-order valence-electron chi connectivity index (χ2n) is 31.9. The Balaban J connectivity index is 0.000000267. The molecule has 0 aliphatic carbocycles. The maximum absolute atomic E-state index is 13.0. The summed E-state index contributed by atoms with van der Waals surface area (Å²) in [6.45, 7) is 21.4. The largest absolute Gasteiger partial charge is 0.508 e. The average molecular weight is 1760 g/mol. The molecule has 4 unspecified atom stereocenters. The number of carboxylic acids is 1. The number of carbonyl (C=O) groups is 4. The van der Waals surface area contributed by atoms with Crippen molar-refractivity contribution in [3.8, 4) is 23.0 Å². The van der Waals surface area contributed by atoms with Gasteiger partial charge in [0.15, 0.2) is 0 Å². The zero-order valence-corrected chi connectivity index (χ0v) is 76.7. The summed E-state index contributed by atoms with van der Waals surface area (Å²) in [5.41, 5.74) is 13.4. The van der Waals surface area contributed by atoms with Gasteiger partial charge in [0, 0.05) is 66.0 Å². The molecular formula is C94H134N8O18S3+2. The summed E-state index contributed by atoms with van der Waals surface area (Å²) in [6, 6.07) is 64.5. The number of aromatic hydroxyl groups is 1. The number of amides is 3. The monoisotopic (exact) mass is 1760 g/mol. The summed E-state index contributed by atoms with van der Waals surface area (Å²) in [6.07, 6.45) is 13.8. The Hall–Kier alpha value is -9.63. The maximum Gasteiger partial charge on any atom is 0.307 e. The summed E-state index contributed by atoms with van der Waals surface area (Å²) in [5.74, 6) is 2.49. The van der Waals surface area contributed by atoms with Gasteiger partial charge in [0.05, 0.1) is 98.0 Å². The number of quaternary nitrogens is 2. The van der Waals surface area contributed by atoms with Crippen LogP contribution in [0.3, 0.4) is 0 Å². The van der Waals surface area contributed by atoms with Crippen molar-refractivity contribution in [1.82, 2.24) is 29.8 Å². The number of aryl methyl sites for hydroxylation is 4. The smallest absolute Gasteiger partial charge is 0.307 e. The van der Waals surface area contributed by atoms with E-state index in [0.29, 0.717) is 44.1 Å². The van der Waals surface area contributed by atoms with Crippen molar-refractivity contribution in [1.29, 1.82) is 0 Å². The standard InChI is InChI=1S/2C23H30N2O2.C22H28N2O2.C14H22N2O.C9H10O2.3CH4O3S/c2*1-18-9-11-19(12-10-18)15-23(26)24(2)22(17-25-13-4-5-14-25)20-7-6-8-21(16-20)27-3;1-17-8-10-18(11-9-17)14-22(26)23(2)21(16-24-12-3-4-13-24)19-6-5-7-20(25)15-19;1-15-14(11-16-8-3-4-9-16)12-6-5-7-13(10-12)17-2;1-7-2-4-8(5-3-7)6-9(10)11;3*1-5(2,3)4/h2*6-12,16,22H,4-5,13-15,17H2,1-3H3;5-11,15,21,25H,3-4,12-14,16H2,1-2H3;5-7,10,14-15H,3-4,8-9,11H2,1-2H3;2-5H,6H2,1H3,(H,10,11);3*1H3,(H,2,3,4)/p+2. The molecule has 29 heteroatoms. The van der Waals surface area contributed by atoms with Gasteiger partial charge in [0.25, 0.3) is 30.4 Å². The molecule has 26 nitrogen and oxygen atoms in total. The van der Waals surface area contributed by atoms with Crippen LogP contribution in [0.15, 0.2) is 194 Å². The predicted molar refractivity (Wildman–Crippen MR) is 486 cm³/mol. The van der Waals surface area contributed by atoms with Crippen molar-refractivity contribution in [2.45, 2.75) is 129 Å². The average Bonchev–Trinajstić information content (AvgIpc) is 1.82. The Labute approximate surface area is 731 Å². The van der Waals surface area contributed by atoms with Gasteiger partial charge in [-0.05, 0) is 180 Å².